The number of imidazole rings is 1. The Bertz CT molecular complexity index is 1280. The van der Waals surface area contributed by atoms with Gasteiger partial charge in [-0.15, -0.1) is 16.4 Å². The Morgan fingerprint density at radius 2 is 2.03 bits per heavy atom. The molecule has 1 aromatic carbocycles. The minimum atomic E-state index is -0.247. The van der Waals surface area contributed by atoms with Crippen molar-refractivity contribution in [3.63, 3.8) is 0 Å². The van der Waals surface area contributed by atoms with Crippen LogP contribution in [0.15, 0.2) is 41.8 Å². The van der Waals surface area contributed by atoms with Crippen molar-refractivity contribution in [2.24, 2.45) is 0 Å². The fourth-order valence-electron chi connectivity index (χ4n) is 4.79. The number of halogens is 1. The second kappa shape index (κ2) is 7.53. The molecular weight excluding hydrogens is 425 g/mol. The van der Waals surface area contributed by atoms with E-state index < -0.39 is 0 Å². The third-order valence-electron chi connectivity index (χ3n) is 6.43. The quantitative estimate of drug-likeness (QED) is 0.499. The van der Waals surface area contributed by atoms with Crippen molar-refractivity contribution in [2.45, 2.75) is 31.8 Å². The molecule has 6 rings (SSSR count). The zero-order valence-corrected chi connectivity index (χ0v) is 18.8. The summed E-state index contributed by atoms with van der Waals surface area (Å²) in [6.45, 7) is 4.13. The van der Waals surface area contributed by atoms with Crippen molar-refractivity contribution >= 4 is 33.8 Å². The van der Waals surface area contributed by atoms with Crippen LogP contribution in [0.4, 0.5) is 21.2 Å². The van der Waals surface area contributed by atoms with E-state index in [4.69, 9.17) is 15.1 Å². The molecule has 0 saturated carbocycles. The number of benzene rings is 1. The molecule has 2 saturated heterocycles. The highest BCUT2D eigenvalue weighted by molar-refractivity contribution is 7.14. The molecule has 32 heavy (non-hydrogen) atoms. The molecule has 2 aliphatic heterocycles. The Balaban J connectivity index is 1.38. The van der Waals surface area contributed by atoms with Crippen LogP contribution in [0.5, 0.6) is 0 Å². The van der Waals surface area contributed by atoms with E-state index in [1.807, 2.05) is 16.9 Å². The Morgan fingerprint density at radius 1 is 1.19 bits per heavy atom. The minimum Gasteiger partial charge on any atom is -0.349 e. The van der Waals surface area contributed by atoms with E-state index in [1.165, 1.54) is 18.6 Å². The lowest BCUT2D eigenvalue weighted by molar-refractivity contribution is 0.573. The van der Waals surface area contributed by atoms with E-state index in [0.717, 1.165) is 58.9 Å². The first-order valence-electron chi connectivity index (χ1n) is 10.9. The number of fused-ring (bicyclic) bond motifs is 3. The van der Waals surface area contributed by atoms with Gasteiger partial charge in [0, 0.05) is 43.2 Å². The van der Waals surface area contributed by atoms with Crippen molar-refractivity contribution in [1.82, 2.24) is 24.9 Å². The van der Waals surface area contributed by atoms with Crippen LogP contribution in [0.1, 0.15) is 19.0 Å². The van der Waals surface area contributed by atoms with Gasteiger partial charge in [-0.1, -0.05) is 6.92 Å². The van der Waals surface area contributed by atoms with Crippen molar-refractivity contribution in [2.75, 3.05) is 29.9 Å². The molecule has 0 spiro atoms. The van der Waals surface area contributed by atoms with E-state index in [1.54, 1.807) is 23.5 Å². The van der Waals surface area contributed by atoms with Crippen LogP contribution in [0.2, 0.25) is 0 Å². The smallest absolute Gasteiger partial charge is 0.191 e. The number of anilines is 3. The molecule has 4 aromatic rings. The average molecular weight is 450 g/mol. The third-order valence-corrected chi connectivity index (χ3v) is 7.35. The molecule has 9 heteroatoms. The fourth-order valence-corrected chi connectivity index (χ4v) is 5.59. The van der Waals surface area contributed by atoms with Crippen molar-refractivity contribution < 1.29 is 4.39 Å². The lowest BCUT2D eigenvalue weighted by Gasteiger charge is -2.28. The van der Waals surface area contributed by atoms with Gasteiger partial charge in [-0.05, 0) is 49.2 Å². The molecule has 2 fully saturated rings. The molecule has 7 nitrogen and oxygen atoms in total. The largest absolute Gasteiger partial charge is 0.349 e. The number of rotatable bonds is 5. The van der Waals surface area contributed by atoms with Gasteiger partial charge in [0.05, 0.1) is 11.4 Å². The van der Waals surface area contributed by atoms with Gasteiger partial charge in [-0.25, -0.2) is 14.4 Å². The van der Waals surface area contributed by atoms with Crippen LogP contribution >= 0.6 is 11.3 Å². The van der Waals surface area contributed by atoms with Crippen LogP contribution in [-0.4, -0.2) is 51.8 Å². The number of hydrogen-bond donors (Lipinski definition) is 1. The first-order valence-corrected chi connectivity index (χ1v) is 11.8. The maximum atomic E-state index is 13.3. The molecule has 5 heterocycles. The Kier molecular flexibility index (Phi) is 4.62. The molecule has 2 bridgehead atoms. The number of thiazole rings is 1. The molecule has 1 N–H and O–H groups in total. The first kappa shape index (κ1) is 19.6. The zero-order chi connectivity index (χ0) is 21.8. The molecule has 1 unspecified atom stereocenters. The average Bonchev–Trinajstić information content (AvgIpc) is 3.61. The predicted molar refractivity (Wildman–Crippen MR) is 125 cm³/mol. The number of nitrogens with one attached hydrogen (secondary N) is 1. The number of aryl methyl sites for hydroxylation is 1. The summed E-state index contributed by atoms with van der Waals surface area (Å²) in [5, 5.41) is 11.4. The summed E-state index contributed by atoms with van der Waals surface area (Å²) in [6, 6.07) is 11.7. The molecular formula is C23H24FN7S. The van der Waals surface area contributed by atoms with Gasteiger partial charge in [0.2, 0.25) is 0 Å². The van der Waals surface area contributed by atoms with E-state index in [2.05, 4.69) is 34.2 Å². The Morgan fingerprint density at radius 3 is 2.75 bits per heavy atom. The number of piperazine rings is 1. The molecule has 0 radical (unpaired) electrons. The third kappa shape index (κ3) is 3.15. The highest BCUT2D eigenvalue weighted by Gasteiger charge is 2.38. The van der Waals surface area contributed by atoms with Gasteiger partial charge in [0.1, 0.15) is 11.6 Å². The summed E-state index contributed by atoms with van der Waals surface area (Å²) in [7, 11) is 2.01. The second-order valence-corrected chi connectivity index (χ2v) is 9.26. The molecule has 0 amide bonds. The Labute approximate surface area is 189 Å². The Hall–Kier alpha value is -3.04. The molecule has 2 aliphatic rings. The van der Waals surface area contributed by atoms with Gasteiger partial charge in [-0.3, -0.25) is 0 Å². The number of aromatic nitrogens is 4. The molecule has 164 valence electrons. The lowest BCUT2D eigenvalue weighted by atomic mass is 10.2. The molecule has 0 aliphatic carbocycles. The van der Waals surface area contributed by atoms with Crippen LogP contribution in [0, 0.1) is 5.82 Å². The lowest BCUT2D eigenvalue weighted by Crippen LogP contribution is -2.44. The SMILES string of the molecule is CCc1nc2ccc(N3CC4C[C@H]3CN4)nn2c1N(C)c1nc(-c2ccc(F)cc2)cs1. The van der Waals surface area contributed by atoms with E-state index in [0.29, 0.717) is 12.1 Å². The van der Waals surface area contributed by atoms with E-state index in [-0.39, 0.29) is 5.82 Å². The monoisotopic (exact) mass is 449 g/mol. The van der Waals surface area contributed by atoms with Crippen molar-refractivity contribution in [3.05, 3.63) is 53.3 Å². The van der Waals surface area contributed by atoms with Crippen LogP contribution in [0.25, 0.3) is 16.9 Å². The second-order valence-electron chi connectivity index (χ2n) is 8.43. The topological polar surface area (TPSA) is 61.6 Å². The van der Waals surface area contributed by atoms with E-state index >= 15 is 0 Å². The van der Waals surface area contributed by atoms with Gasteiger partial charge in [0.15, 0.2) is 16.6 Å². The maximum Gasteiger partial charge on any atom is 0.191 e. The van der Waals surface area contributed by atoms with Crippen LogP contribution in [-0.2, 0) is 6.42 Å². The van der Waals surface area contributed by atoms with Crippen LogP contribution in [0.3, 0.4) is 0 Å². The van der Waals surface area contributed by atoms with E-state index in [9.17, 15) is 4.39 Å². The van der Waals surface area contributed by atoms with Crippen LogP contribution < -0.4 is 15.1 Å². The molecule has 3 aromatic heterocycles. The fraction of sp³-hybridized carbons (Fsp3) is 0.348. The standard InChI is InChI=1S/C23H24FN7S/c1-3-18-22(29(2)23-27-19(13-32-23)14-4-6-15(24)7-5-14)31-20(26-18)8-9-21(28-31)30-12-16-10-17(30)11-25-16/h4-9,13,16-17,25H,3,10-12H2,1-2H3/t16?,17-/m0/s1. The zero-order valence-electron chi connectivity index (χ0n) is 18.0. The first-order chi connectivity index (χ1) is 15.6. The molecule has 2 atom stereocenters. The van der Waals surface area contributed by atoms with Gasteiger partial charge < -0.3 is 15.1 Å². The highest BCUT2D eigenvalue weighted by Crippen LogP contribution is 2.34. The van der Waals surface area contributed by atoms with Gasteiger partial charge in [0.25, 0.3) is 0 Å². The predicted octanol–water partition coefficient (Wildman–Crippen LogP) is 3.87. The number of nitrogens with zero attached hydrogens (tertiary/aromatic N) is 6. The summed E-state index contributed by atoms with van der Waals surface area (Å²) in [4.78, 5) is 14.1. The minimum absolute atomic E-state index is 0.247. The normalized spacial score (nSPS) is 19.9. The summed E-state index contributed by atoms with van der Waals surface area (Å²) >= 11 is 1.56. The highest BCUT2D eigenvalue weighted by atomic mass is 32.1. The summed E-state index contributed by atoms with van der Waals surface area (Å²) in [5.74, 6) is 1.68. The summed E-state index contributed by atoms with van der Waals surface area (Å²) in [6.07, 6.45) is 1.98. The van der Waals surface area contributed by atoms with Crippen molar-refractivity contribution in [3.8, 4) is 11.3 Å². The van der Waals surface area contributed by atoms with Crippen molar-refractivity contribution in [1.29, 1.82) is 0 Å². The maximum absolute atomic E-state index is 13.3. The van der Waals surface area contributed by atoms with Gasteiger partial charge >= 0.3 is 0 Å². The van der Waals surface area contributed by atoms with Gasteiger partial charge in [-0.2, -0.15) is 4.52 Å². The number of hydrogen-bond acceptors (Lipinski definition) is 7. The summed E-state index contributed by atoms with van der Waals surface area (Å²) < 4.78 is 15.2. The summed E-state index contributed by atoms with van der Waals surface area (Å²) in [5.41, 5.74) is 3.55.